The average molecular weight is 288 g/mol. The van der Waals surface area contributed by atoms with E-state index in [1.54, 1.807) is 18.2 Å². The number of carbonyl (C=O) groups excluding carboxylic acids is 1. The number of hydrogen-bond donors (Lipinski definition) is 0. The maximum Gasteiger partial charge on any atom is 0.227 e. The van der Waals surface area contributed by atoms with E-state index >= 15 is 0 Å². The van der Waals surface area contributed by atoms with Gasteiger partial charge >= 0.3 is 0 Å². The summed E-state index contributed by atoms with van der Waals surface area (Å²) in [7, 11) is 0. The van der Waals surface area contributed by atoms with Crippen molar-refractivity contribution in [2.45, 2.75) is 46.2 Å². The SMILES string of the molecule is CC(C)N(C(=O)Cc1ccc(Cl)cc1Cl)C(C)C. The molecule has 0 fully saturated rings. The normalized spacial score (nSPS) is 11.1. The van der Waals surface area contributed by atoms with Gasteiger partial charge in [0.05, 0.1) is 6.42 Å². The van der Waals surface area contributed by atoms with E-state index in [0.717, 1.165) is 5.56 Å². The molecule has 0 unspecified atom stereocenters. The van der Waals surface area contributed by atoms with Gasteiger partial charge in [-0.05, 0) is 45.4 Å². The predicted molar refractivity (Wildman–Crippen MR) is 77.3 cm³/mol. The van der Waals surface area contributed by atoms with Gasteiger partial charge in [0.25, 0.3) is 0 Å². The minimum atomic E-state index is 0.0872. The van der Waals surface area contributed by atoms with Gasteiger partial charge in [-0.15, -0.1) is 0 Å². The predicted octanol–water partition coefficient (Wildman–Crippen LogP) is 4.18. The molecule has 100 valence electrons. The summed E-state index contributed by atoms with van der Waals surface area (Å²) in [6.45, 7) is 8.06. The summed E-state index contributed by atoms with van der Waals surface area (Å²) < 4.78 is 0. The molecule has 0 spiro atoms. The molecule has 0 bridgehead atoms. The summed E-state index contributed by atoms with van der Waals surface area (Å²) in [5.41, 5.74) is 0.817. The minimum Gasteiger partial charge on any atom is -0.338 e. The average Bonchev–Trinajstić information content (AvgIpc) is 2.21. The molecular weight excluding hydrogens is 269 g/mol. The molecule has 0 N–H and O–H groups in total. The molecule has 0 aliphatic heterocycles. The van der Waals surface area contributed by atoms with Crippen LogP contribution in [0.15, 0.2) is 18.2 Å². The van der Waals surface area contributed by atoms with Crippen LogP contribution in [0.2, 0.25) is 10.0 Å². The highest BCUT2D eigenvalue weighted by Crippen LogP contribution is 2.22. The van der Waals surface area contributed by atoms with Crippen molar-refractivity contribution in [2.75, 3.05) is 0 Å². The van der Waals surface area contributed by atoms with Crippen molar-refractivity contribution >= 4 is 29.1 Å². The Morgan fingerprint density at radius 1 is 1.17 bits per heavy atom. The molecule has 18 heavy (non-hydrogen) atoms. The van der Waals surface area contributed by atoms with Crippen molar-refractivity contribution < 1.29 is 4.79 Å². The second-order valence-electron chi connectivity index (χ2n) is 4.90. The van der Waals surface area contributed by atoms with E-state index in [-0.39, 0.29) is 18.0 Å². The van der Waals surface area contributed by atoms with E-state index < -0.39 is 0 Å². The fraction of sp³-hybridized carbons (Fsp3) is 0.500. The largest absolute Gasteiger partial charge is 0.338 e. The summed E-state index contributed by atoms with van der Waals surface area (Å²) in [4.78, 5) is 14.1. The first kappa shape index (κ1) is 15.3. The fourth-order valence-electron chi connectivity index (χ4n) is 2.09. The fourth-order valence-corrected chi connectivity index (χ4v) is 2.57. The molecule has 1 aromatic rings. The summed E-state index contributed by atoms with van der Waals surface area (Å²) >= 11 is 11.9. The van der Waals surface area contributed by atoms with Crippen LogP contribution in [0, 0.1) is 0 Å². The maximum absolute atomic E-state index is 12.3. The van der Waals surface area contributed by atoms with Crippen LogP contribution in [0.4, 0.5) is 0 Å². The smallest absolute Gasteiger partial charge is 0.227 e. The molecule has 4 heteroatoms. The molecular formula is C14H19Cl2NO. The number of amides is 1. The molecule has 2 nitrogen and oxygen atoms in total. The first-order valence-electron chi connectivity index (χ1n) is 6.08. The highest BCUT2D eigenvalue weighted by molar-refractivity contribution is 6.35. The van der Waals surface area contributed by atoms with Gasteiger partial charge in [-0.2, -0.15) is 0 Å². The van der Waals surface area contributed by atoms with E-state index in [0.29, 0.717) is 16.5 Å². The number of nitrogens with zero attached hydrogens (tertiary/aromatic N) is 1. The highest BCUT2D eigenvalue weighted by Gasteiger charge is 2.20. The molecule has 0 saturated carbocycles. The molecule has 0 atom stereocenters. The van der Waals surface area contributed by atoms with Crippen LogP contribution < -0.4 is 0 Å². The first-order chi connectivity index (χ1) is 8.32. The summed E-state index contributed by atoms with van der Waals surface area (Å²) in [6, 6.07) is 5.60. The molecule has 0 saturated heterocycles. The van der Waals surface area contributed by atoms with Crippen molar-refractivity contribution in [2.24, 2.45) is 0 Å². The number of halogens is 2. The molecule has 1 aromatic carbocycles. The van der Waals surface area contributed by atoms with Crippen LogP contribution in [0.5, 0.6) is 0 Å². The molecule has 0 aliphatic rings. The summed E-state index contributed by atoms with van der Waals surface area (Å²) in [5, 5.41) is 1.13. The molecule has 1 amide bonds. The zero-order chi connectivity index (χ0) is 13.9. The Kier molecular flexibility index (Phi) is 5.48. The Morgan fingerprint density at radius 3 is 2.17 bits per heavy atom. The number of carbonyl (C=O) groups is 1. The van der Waals surface area contributed by atoms with Crippen LogP contribution in [0.1, 0.15) is 33.3 Å². The van der Waals surface area contributed by atoms with Crippen LogP contribution in [-0.2, 0) is 11.2 Å². The van der Waals surface area contributed by atoms with E-state index in [9.17, 15) is 4.79 Å². The van der Waals surface area contributed by atoms with Gasteiger partial charge < -0.3 is 4.90 Å². The lowest BCUT2D eigenvalue weighted by atomic mass is 10.1. The molecule has 0 aromatic heterocycles. The van der Waals surface area contributed by atoms with Gasteiger partial charge in [0.15, 0.2) is 0 Å². The monoisotopic (exact) mass is 287 g/mol. The third-order valence-corrected chi connectivity index (χ3v) is 3.34. The first-order valence-corrected chi connectivity index (χ1v) is 6.83. The zero-order valence-electron chi connectivity index (χ0n) is 11.2. The van der Waals surface area contributed by atoms with Gasteiger partial charge in [0.1, 0.15) is 0 Å². The number of benzene rings is 1. The maximum atomic E-state index is 12.3. The molecule has 1 rings (SSSR count). The lowest BCUT2D eigenvalue weighted by molar-refractivity contribution is -0.134. The molecule has 0 heterocycles. The number of rotatable bonds is 4. The van der Waals surface area contributed by atoms with Crippen LogP contribution in [0.25, 0.3) is 0 Å². The van der Waals surface area contributed by atoms with Gasteiger partial charge in [0, 0.05) is 22.1 Å². The Hall–Kier alpha value is -0.730. The van der Waals surface area contributed by atoms with Gasteiger partial charge in [-0.3, -0.25) is 4.79 Å². The van der Waals surface area contributed by atoms with Gasteiger partial charge in [-0.25, -0.2) is 0 Å². The second kappa shape index (κ2) is 6.44. The summed E-state index contributed by atoms with van der Waals surface area (Å²) in [5.74, 6) is 0.0872. The highest BCUT2D eigenvalue weighted by atomic mass is 35.5. The second-order valence-corrected chi connectivity index (χ2v) is 5.74. The van der Waals surface area contributed by atoms with Gasteiger partial charge in [-0.1, -0.05) is 29.3 Å². The lowest BCUT2D eigenvalue weighted by Gasteiger charge is -2.31. The third kappa shape index (κ3) is 3.89. The Morgan fingerprint density at radius 2 is 1.72 bits per heavy atom. The Labute approximate surface area is 119 Å². The number of hydrogen-bond acceptors (Lipinski definition) is 1. The quantitative estimate of drug-likeness (QED) is 0.813. The zero-order valence-corrected chi connectivity index (χ0v) is 12.7. The van der Waals surface area contributed by atoms with Crippen molar-refractivity contribution in [3.05, 3.63) is 33.8 Å². The summed E-state index contributed by atoms with van der Waals surface area (Å²) in [6.07, 6.45) is 0.312. The molecule has 0 radical (unpaired) electrons. The van der Waals surface area contributed by atoms with Crippen LogP contribution in [0.3, 0.4) is 0 Å². The van der Waals surface area contributed by atoms with Crippen molar-refractivity contribution in [3.8, 4) is 0 Å². The standard InChI is InChI=1S/C14H19Cl2NO/c1-9(2)17(10(3)4)14(18)7-11-5-6-12(15)8-13(11)16/h5-6,8-10H,7H2,1-4H3. The van der Waals surface area contributed by atoms with Crippen LogP contribution >= 0.6 is 23.2 Å². The van der Waals surface area contributed by atoms with Crippen molar-refractivity contribution in [1.82, 2.24) is 4.90 Å². The Balaban J connectivity index is 2.86. The third-order valence-electron chi connectivity index (χ3n) is 2.76. The lowest BCUT2D eigenvalue weighted by Crippen LogP contribution is -2.42. The van der Waals surface area contributed by atoms with E-state index in [2.05, 4.69) is 0 Å². The topological polar surface area (TPSA) is 20.3 Å². The van der Waals surface area contributed by atoms with Crippen LogP contribution in [-0.4, -0.2) is 22.9 Å². The van der Waals surface area contributed by atoms with Gasteiger partial charge in [0.2, 0.25) is 5.91 Å². The van der Waals surface area contributed by atoms with Crippen molar-refractivity contribution in [1.29, 1.82) is 0 Å². The van der Waals surface area contributed by atoms with Crippen molar-refractivity contribution in [3.63, 3.8) is 0 Å². The van der Waals surface area contributed by atoms with E-state index in [4.69, 9.17) is 23.2 Å². The molecule has 0 aliphatic carbocycles. The minimum absolute atomic E-state index is 0.0872. The van der Waals surface area contributed by atoms with E-state index in [1.807, 2.05) is 32.6 Å². The Bertz CT molecular complexity index is 422. The van der Waals surface area contributed by atoms with E-state index in [1.165, 1.54) is 0 Å².